The van der Waals surface area contributed by atoms with E-state index >= 15 is 0 Å². The molecule has 1 aliphatic heterocycles. The van der Waals surface area contributed by atoms with Gasteiger partial charge < -0.3 is 24.8 Å². The van der Waals surface area contributed by atoms with Crippen LogP contribution in [0.1, 0.15) is 0 Å². The van der Waals surface area contributed by atoms with Gasteiger partial charge in [0.25, 0.3) is 0 Å². The third-order valence-electron chi connectivity index (χ3n) is 3.74. The van der Waals surface area contributed by atoms with Crippen LogP contribution in [-0.2, 0) is 4.74 Å². The first-order chi connectivity index (χ1) is 12.2. The zero-order valence-electron chi connectivity index (χ0n) is 13.8. The molecule has 0 bridgehead atoms. The van der Waals surface area contributed by atoms with Gasteiger partial charge in [-0.1, -0.05) is 6.07 Å². The number of aliphatic hydroxyl groups is 1. The molecule has 1 aromatic carbocycles. The molecule has 1 aromatic heterocycles. The first-order valence-electron chi connectivity index (χ1n) is 8.16. The Balaban J connectivity index is 1.47. The summed E-state index contributed by atoms with van der Waals surface area (Å²) < 4.78 is 23.8. The van der Waals surface area contributed by atoms with Crippen molar-refractivity contribution in [3.8, 4) is 5.75 Å². The van der Waals surface area contributed by atoms with E-state index < -0.39 is 6.10 Å². The molecule has 2 heterocycles. The number of nitrogens with one attached hydrogen (secondary N) is 1. The molecule has 1 unspecified atom stereocenters. The summed E-state index contributed by atoms with van der Waals surface area (Å²) >= 11 is 0. The molecule has 7 nitrogen and oxygen atoms in total. The number of nitrogens with zero attached hydrogens (tertiary/aromatic N) is 3. The molecular formula is C17H21FN4O3. The molecule has 1 fully saturated rings. The van der Waals surface area contributed by atoms with E-state index in [-0.39, 0.29) is 19.0 Å². The lowest BCUT2D eigenvalue weighted by Crippen LogP contribution is -2.36. The number of aromatic nitrogens is 2. The van der Waals surface area contributed by atoms with Crippen LogP contribution in [0.2, 0.25) is 0 Å². The first kappa shape index (κ1) is 17.4. The summed E-state index contributed by atoms with van der Waals surface area (Å²) in [6.45, 7) is 3.26. The van der Waals surface area contributed by atoms with Crippen molar-refractivity contribution in [3.63, 3.8) is 0 Å². The molecule has 1 aliphatic rings. The SMILES string of the molecule is OC(CNc1cc(N2CCOCC2)ncn1)COc1cccc(F)c1. The maximum absolute atomic E-state index is 13.1. The zero-order valence-corrected chi connectivity index (χ0v) is 13.8. The van der Waals surface area contributed by atoms with Crippen LogP contribution in [0.5, 0.6) is 5.75 Å². The molecule has 8 heteroatoms. The monoisotopic (exact) mass is 348 g/mol. The summed E-state index contributed by atoms with van der Waals surface area (Å²) in [5.74, 6) is 1.46. The number of anilines is 2. The molecule has 134 valence electrons. The lowest BCUT2D eigenvalue weighted by Gasteiger charge is -2.27. The standard InChI is InChI=1S/C17H21FN4O3/c18-13-2-1-3-15(8-13)25-11-14(23)10-19-16-9-17(21-12-20-16)22-4-6-24-7-5-22/h1-3,8-9,12,14,23H,4-7,10-11H2,(H,19,20,21). The smallest absolute Gasteiger partial charge is 0.134 e. The molecule has 1 saturated heterocycles. The minimum Gasteiger partial charge on any atom is -0.491 e. The van der Waals surface area contributed by atoms with Crippen LogP contribution in [0.15, 0.2) is 36.7 Å². The number of ether oxygens (including phenoxy) is 2. The Labute approximate surface area is 145 Å². The molecule has 0 spiro atoms. The Morgan fingerprint density at radius 2 is 2.12 bits per heavy atom. The van der Waals surface area contributed by atoms with E-state index in [2.05, 4.69) is 20.2 Å². The summed E-state index contributed by atoms with van der Waals surface area (Å²) in [6, 6.07) is 7.66. The van der Waals surface area contributed by atoms with Gasteiger partial charge in [0.15, 0.2) is 0 Å². The molecule has 3 rings (SSSR count). The Morgan fingerprint density at radius 1 is 1.28 bits per heavy atom. The fraction of sp³-hybridized carbons (Fsp3) is 0.412. The highest BCUT2D eigenvalue weighted by molar-refractivity contribution is 5.48. The second-order valence-electron chi connectivity index (χ2n) is 5.66. The van der Waals surface area contributed by atoms with E-state index in [0.29, 0.717) is 24.8 Å². The summed E-state index contributed by atoms with van der Waals surface area (Å²) in [4.78, 5) is 10.6. The topological polar surface area (TPSA) is 79.7 Å². The zero-order chi connectivity index (χ0) is 17.5. The van der Waals surface area contributed by atoms with Crippen LogP contribution in [-0.4, -0.2) is 60.6 Å². The van der Waals surface area contributed by atoms with Crippen molar-refractivity contribution in [1.82, 2.24) is 9.97 Å². The molecule has 0 saturated carbocycles. The fourth-order valence-corrected chi connectivity index (χ4v) is 2.44. The summed E-state index contributed by atoms with van der Waals surface area (Å²) in [5.41, 5.74) is 0. The Morgan fingerprint density at radius 3 is 2.92 bits per heavy atom. The van der Waals surface area contributed by atoms with Crippen LogP contribution in [0, 0.1) is 5.82 Å². The lowest BCUT2D eigenvalue weighted by molar-refractivity contribution is 0.117. The van der Waals surface area contributed by atoms with E-state index in [4.69, 9.17) is 9.47 Å². The van der Waals surface area contributed by atoms with Crippen molar-refractivity contribution < 1.29 is 19.0 Å². The third-order valence-corrected chi connectivity index (χ3v) is 3.74. The van der Waals surface area contributed by atoms with E-state index in [0.717, 1.165) is 18.9 Å². The van der Waals surface area contributed by atoms with E-state index in [9.17, 15) is 9.50 Å². The number of halogens is 1. The highest BCUT2D eigenvalue weighted by Gasteiger charge is 2.13. The van der Waals surface area contributed by atoms with Crippen molar-refractivity contribution >= 4 is 11.6 Å². The number of benzene rings is 1. The predicted octanol–water partition coefficient (Wildman–Crippen LogP) is 1.30. The van der Waals surface area contributed by atoms with Crippen molar-refractivity contribution in [2.75, 3.05) is 49.7 Å². The van der Waals surface area contributed by atoms with Crippen molar-refractivity contribution in [2.24, 2.45) is 0 Å². The summed E-state index contributed by atoms with van der Waals surface area (Å²) in [6.07, 6.45) is 0.730. The van der Waals surface area contributed by atoms with Gasteiger partial charge in [-0.15, -0.1) is 0 Å². The van der Waals surface area contributed by atoms with Gasteiger partial charge in [-0.25, -0.2) is 14.4 Å². The van der Waals surface area contributed by atoms with Gasteiger partial charge in [-0.3, -0.25) is 0 Å². The van der Waals surface area contributed by atoms with Crippen molar-refractivity contribution in [1.29, 1.82) is 0 Å². The lowest BCUT2D eigenvalue weighted by atomic mass is 10.3. The first-order valence-corrected chi connectivity index (χ1v) is 8.16. The normalized spacial score (nSPS) is 15.7. The maximum Gasteiger partial charge on any atom is 0.134 e. The summed E-state index contributed by atoms with van der Waals surface area (Å²) in [5, 5.41) is 13.1. The highest BCUT2D eigenvalue weighted by Crippen LogP contribution is 2.16. The maximum atomic E-state index is 13.1. The fourth-order valence-electron chi connectivity index (χ4n) is 2.44. The van der Waals surface area contributed by atoms with Gasteiger partial charge >= 0.3 is 0 Å². The number of morpholine rings is 1. The molecule has 0 amide bonds. The van der Waals surface area contributed by atoms with Crippen molar-refractivity contribution in [2.45, 2.75) is 6.10 Å². The van der Waals surface area contributed by atoms with Gasteiger partial charge in [0.2, 0.25) is 0 Å². The molecular weight excluding hydrogens is 327 g/mol. The average molecular weight is 348 g/mol. The Bertz CT molecular complexity index is 682. The largest absolute Gasteiger partial charge is 0.491 e. The van der Waals surface area contributed by atoms with Crippen molar-refractivity contribution in [3.05, 3.63) is 42.5 Å². The van der Waals surface area contributed by atoms with Crippen LogP contribution in [0.3, 0.4) is 0 Å². The predicted molar refractivity (Wildman–Crippen MR) is 91.5 cm³/mol. The third kappa shape index (κ3) is 5.27. The molecule has 1 atom stereocenters. The van der Waals surface area contributed by atoms with Gasteiger partial charge in [0.1, 0.15) is 42.2 Å². The van der Waals surface area contributed by atoms with E-state index in [1.54, 1.807) is 12.1 Å². The molecule has 25 heavy (non-hydrogen) atoms. The molecule has 2 N–H and O–H groups in total. The van der Waals surface area contributed by atoms with Crippen LogP contribution >= 0.6 is 0 Å². The van der Waals surface area contributed by atoms with Gasteiger partial charge in [-0.2, -0.15) is 0 Å². The number of rotatable bonds is 7. The second-order valence-corrected chi connectivity index (χ2v) is 5.66. The van der Waals surface area contributed by atoms with Gasteiger partial charge in [0, 0.05) is 31.8 Å². The number of aliphatic hydroxyl groups excluding tert-OH is 1. The minimum atomic E-state index is -0.759. The average Bonchev–Trinajstić information content (AvgIpc) is 2.66. The minimum absolute atomic E-state index is 0.0534. The van der Waals surface area contributed by atoms with Crippen LogP contribution in [0.25, 0.3) is 0 Å². The second kappa shape index (κ2) is 8.59. The van der Waals surface area contributed by atoms with Crippen LogP contribution < -0.4 is 15.0 Å². The Hall–Kier alpha value is -2.45. The Kier molecular flexibility index (Phi) is 5.97. The van der Waals surface area contributed by atoms with Gasteiger partial charge in [-0.05, 0) is 12.1 Å². The van der Waals surface area contributed by atoms with Crippen LogP contribution in [0.4, 0.5) is 16.0 Å². The summed E-state index contributed by atoms with van der Waals surface area (Å²) in [7, 11) is 0. The van der Waals surface area contributed by atoms with E-state index in [1.807, 2.05) is 6.07 Å². The number of hydrogen-bond donors (Lipinski definition) is 2. The van der Waals surface area contributed by atoms with Gasteiger partial charge in [0.05, 0.1) is 13.2 Å². The van der Waals surface area contributed by atoms with E-state index in [1.165, 1.54) is 18.5 Å². The molecule has 2 aromatic rings. The quantitative estimate of drug-likeness (QED) is 0.781. The number of hydrogen-bond acceptors (Lipinski definition) is 7. The molecule has 0 aliphatic carbocycles. The highest BCUT2D eigenvalue weighted by atomic mass is 19.1. The molecule has 0 radical (unpaired) electrons.